The highest BCUT2D eigenvalue weighted by Gasteiger charge is 2.13. The van der Waals surface area contributed by atoms with Gasteiger partial charge < -0.3 is 10.6 Å². The lowest BCUT2D eigenvalue weighted by Gasteiger charge is -2.25. The van der Waals surface area contributed by atoms with Gasteiger partial charge in [-0.1, -0.05) is 6.07 Å². The fourth-order valence-electron chi connectivity index (χ4n) is 1.96. The highest BCUT2D eigenvalue weighted by Crippen LogP contribution is 2.19. The predicted molar refractivity (Wildman–Crippen MR) is 60.7 cm³/mol. The Bertz CT molecular complexity index is 332. The lowest BCUT2D eigenvalue weighted by molar-refractivity contribution is 0.479. The van der Waals surface area contributed by atoms with Crippen molar-refractivity contribution in [2.24, 2.45) is 0 Å². The van der Waals surface area contributed by atoms with Crippen LogP contribution in [0.3, 0.4) is 0 Å². The molecule has 2 nitrogen and oxygen atoms in total. The van der Waals surface area contributed by atoms with E-state index in [2.05, 4.69) is 10.6 Å². The molecule has 1 aliphatic heterocycles. The summed E-state index contributed by atoms with van der Waals surface area (Å²) in [5, 5.41) is 6.72. The molecule has 0 aromatic heterocycles. The van der Waals surface area contributed by atoms with E-state index in [-0.39, 0.29) is 5.82 Å². The SMILES string of the molecule is Cc1c(F)cccc1NC1CCCNC1. The summed E-state index contributed by atoms with van der Waals surface area (Å²) in [6.45, 7) is 3.88. The van der Waals surface area contributed by atoms with Gasteiger partial charge in [0, 0.05) is 23.8 Å². The van der Waals surface area contributed by atoms with E-state index in [1.807, 2.05) is 13.0 Å². The Kier molecular flexibility index (Phi) is 3.21. The first kappa shape index (κ1) is 10.4. The van der Waals surface area contributed by atoms with Crippen molar-refractivity contribution in [2.45, 2.75) is 25.8 Å². The van der Waals surface area contributed by atoms with Gasteiger partial charge in [-0.3, -0.25) is 0 Å². The summed E-state index contributed by atoms with van der Waals surface area (Å²) in [6.07, 6.45) is 2.34. The molecule has 0 spiro atoms. The first-order chi connectivity index (χ1) is 7.27. The van der Waals surface area contributed by atoms with Gasteiger partial charge in [-0.05, 0) is 38.4 Å². The molecule has 1 aromatic carbocycles. The maximum Gasteiger partial charge on any atom is 0.128 e. The van der Waals surface area contributed by atoms with Crippen LogP contribution in [0.25, 0.3) is 0 Å². The molecule has 1 aromatic rings. The van der Waals surface area contributed by atoms with E-state index in [4.69, 9.17) is 0 Å². The lowest BCUT2D eigenvalue weighted by Crippen LogP contribution is -2.38. The van der Waals surface area contributed by atoms with Gasteiger partial charge in [0.2, 0.25) is 0 Å². The summed E-state index contributed by atoms with van der Waals surface area (Å²) < 4.78 is 13.3. The molecule has 82 valence electrons. The van der Waals surface area contributed by atoms with Crippen molar-refractivity contribution in [3.05, 3.63) is 29.6 Å². The van der Waals surface area contributed by atoms with E-state index in [9.17, 15) is 4.39 Å². The second kappa shape index (κ2) is 4.62. The standard InChI is InChI=1S/C12H17FN2/c1-9-11(13)5-2-6-12(9)15-10-4-3-7-14-8-10/h2,5-6,10,14-15H,3-4,7-8H2,1H3. The van der Waals surface area contributed by atoms with Gasteiger partial charge in [0.1, 0.15) is 5.82 Å². The van der Waals surface area contributed by atoms with Crippen LogP contribution in [0.1, 0.15) is 18.4 Å². The zero-order valence-electron chi connectivity index (χ0n) is 9.02. The van der Waals surface area contributed by atoms with Gasteiger partial charge in [0.05, 0.1) is 0 Å². The molecule has 0 saturated carbocycles. The van der Waals surface area contributed by atoms with Crippen molar-refractivity contribution in [1.29, 1.82) is 0 Å². The number of hydrogen-bond acceptors (Lipinski definition) is 2. The van der Waals surface area contributed by atoms with Gasteiger partial charge in [-0.15, -0.1) is 0 Å². The van der Waals surface area contributed by atoms with Gasteiger partial charge in [-0.2, -0.15) is 0 Å². The maximum absolute atomic E-state index is 13.3. The van der Waals surface area contributed by atoms with Crippen molar-refractivity contribution in [3.8, 4) is 0 Å². The fraction of sp³-hybridized carbons (Fsp3) is 0.500. The van der Waals surface area contributed by atoms with Crippen molar-refractivity contribution in [3.63, 3.8) is 0 Å². The van der Waals surface area contributed by atoms with Crippen LogP contribution in [0.2, 0.25) is 0 Å². The molecule has 0 bridgehead atoms. The number of halogens is 1. The zero-order chi connectivity index (χ0) is 10.7. The van der Waals surface area contributed by atoms with Crippen molar-refractivity contribution >= 4 is 5.69 Å². The highest BCUT2D eigenvalue weighted by atomic mass is 19.1. The molecule has 0 amide bonds. The van der Waals surface area contributed by atoms with Crippen LogP contribution in [-0.2, 0) is 0 Å². The van der Waals surface area contributed by atoms with Gasteiger partial charge >= 0.3 is 0 Å². The van der Waals surface area contributed by atoms with Gasteiger partial charge in [-0.25, -0.2) is 4.39 Å². The first-order valence-electron chi connectivity index (χ1n) is 5.50. The van der Waals surface area contributed by atoms with E-state index in [0.29, 0.717) is 11.6 Å². The van der Waals surface area contributed by atoms with Crippen molar-refractivity contribution in [1.82, 2.24) is 5.32 Å². The van der Waals surface area contributed by atoms with Crippen LogP contribution in [0, 0.1) is 12.7 Å². The summed E-state index contributed by atoms with van der Waals surface area (Å²) in [5.41, 5.74) is 1.63. The van der Waals surface area contributed by atoms with Gasteiger partial charge in [0.25, 0.3) is 0 Å². The molecule has 3 heteroatoms. The molecule has 1 unspecified atom stereocenters. The molecule has 1 aliphatic rings. The van der Waals surface area contributed by atoms with Crippen LogP contribution < -0.4 is 10.6 Å². The number of piperidine rings is 1. The number of rotatable bonds is 2. The van der Waals surface area contributed by atoms with E-state index < -0.39 is 0 Å². The van der Waals surface area contributed by atoms with Crippen LogP contribution in [0.15, 0.2) is 18.2 Å². The molecule has 2 rings (SSSR count). The quantitative estimate of drug-likeness (QED) is 0.779. The van der Waals surface area contributed by atoms with Crippen LogP contribution >= 0.6 is 0 Å². The van der Waals surface area contributed by atoms with Crippen molar-refractivity contribution < 1.29 is 4.39 Å². The lowest BCUT2D eigenvalue weighted by atomic mass is 10.1. The second-order valence-corrected chi connectivity index (χ2v) is 4.10. The Morgan fingerprint density at radius 2 is 2.33 bits per heavy atom. The third kappa shape index (κ3) is 2.48. The molecule has 1 fully saturated rings. The molecule has 0 radical (unpaired) electrons. The molecule has 15 heavy (non-hydrogen) atoms. The number of anilines is 1. The molecule has 1 heterocycles. The average Bonchev–Trinajstić information content (AvgIpc) is 2.26. The summed E-state index contributed by atoms with van der Waals surface area (Å²) in [6, 6.07) is 5.62. The zero-order valence-corrected chi connectivity index (χ0v) is 9.02. The average molecular weight is 208 g/mol. The fourth-order valence-corrected chi connectivity index (χ4v) is 1.96. The summed E-state index contributed by atoms with van der Waals surface area (Å²) in [5.74, 6) is -0.135. The topological polar surface area (TPSA) is 24.1 Å². The number of benzene rings is 1. The second-order valence-electron chi connectivity index (χ2n) is 4.10. The van der Waals surface area contributed by atoms with E-state index in [0.717, 1.165) is 25.2 Å². The summed E-state index contributed by atoms with van der Waals surface area (Å²) in [7, 11) is 0. The van der Waals surface area contributed by atoms with E-state index >= 15 is 0 Å². The Morgan fingerprint density at radius 1 is 1.47 bits per heavy atom. The highest BCUT2D eigenvalue weighted by molar-refractivity contribution is 5.51. The minimum absolute atomic E-state index is 0.135. The van der Waals surface area contributed by atoms with Crippen molar-refractivity contribution in [2.75, 3.05) is 18.4 Å². The monoisotopic (exact) mass is 208 g/mol. The Balaban J connectivity index is 2.06. The molecular weight excluding hydrogens is 191 g/mol. The molecular formula is C12H17FN2. The summed E-state index contributed by atoms with van der Waals surface area (Å²) >= 11 is 0. The Labute approximate surface area is 89.9 Å². The molecule has 2 N–H and O–H groups in total. The molecule has 1 atom stereocenters. The van der Waals surface area contributed by atoms with E-state index in [1.54, 1.807) is 6.07 Å². The number of hydrogen-bond donors (Lipinski definition) is 2. The summed E-state index contributed by atoms with van der Waals surface area (Å²) in [4.78, 5) is 0. The Morgan fingerprint density at radius 3 is 3.07 bits per heavy atom. The van der Waals surface area contributed by atoms with E-state index in [1.165, 1.54) is 12.5 Å². The van der Waals surface area contributed by atoms with Crippen LogP contribution in [0.4, 0.5) is 10.1 Å². The third-order valence-electron chi connectivity index (χ3n) is 2.92. The Hall–Kier alpha value is -1.09. The van der Waals surface area contributed by atoms with Crippen LogP contribution in [0.5, 0.6) is 0 Å². The van der Waals surface area contributed by atoms with Crippen LogP contribution in [-0.4, -0.2) is 19.1 Å². The van der Waals surface area contributed by atoms with Gasteiger partial charge in [0.15, 0.2) is 0 Å². The predicted octanol–water partition coefficient (Wildman–Crippen LogP) is 2.30. The molecule has 0 aliphatic carbocycles. The normalized spacial score (nSPS) is 21.3. The minimum atomic E-state index is -0.135. The largest absolute Gasteiger partial charge is 0.381 e. The minimum Gasteiger partial charge on any atom is -0.381 e. The third-order valence-corrected chi connectivity index (χ3v) is 2.92. The molecule has 1 saturated heterocycles. The smallest absolute Gasteiger partial charge is 0.128 e. The maximum atomic E-state index is 13.3. The first-order valence-corrected chi connectivity index (χ1v) is 5.50. The number of nitrogens with one attached hydrogen (secondary N) is 2.